The van der Waals surface area contributed by atoms with Crippen molar-refractivity contribution in [3.63, 3.8) is 0 Å². The first-order valence-corrected chi connectivity index (χ1v) is 18.8. The summed E-state index contributed by atoms with van der Waals surface area (Å²) in [5, 5.41) is 25.5. The summed E-state index contributed by atoms with van der Waals surface area (Å²) in [4.78, 5) is 65.6. The van der Waals surface area contributed by atoms with Gasteiger partial charge in [-0.05, 0) is 96.5 Å². The van der Waals surface area contributed by atoms with E-state index in [0.717, 1.165) is 0 Å². The van der Waals surface area contributed by atoms with E-state index in [1.165, 1.54) is 11.8 Å². The molecule has 0 aromatic rings. The summed E-state index contributed by atoms with van der Waals surface area (Å²) >= 11 is 1.53. The smallest absolute Gasteiger partial charge is 0.408 e. The Morgan fingerprint density at radius 1 is 0.625 bits per heavy atom. The zero-order chi connectivity index (χ0) is 37.4. The molecular formula is C35H67N5O7S. The highest BCUT2D eigenvalue weighted by molar-refractivity contribution is 7.98. The summed E-state index contributed by atoms with van der Waals surface area (Å²) in [7, 11) is 0. The molecule has 0 aliphatic rings. The van der Waals surface area contributed by atoms with Crippen LogP contribution in [0.5, 0.6) is 0 Å². The summed E-state index contributed by atoms with van der Waals surface area (Å²) < 4.78 is 5.36. The summed E-state index contributed by atoms with van der Waals surface area (Å²) in [6, 6.07) is -3.29. The molecule has 0 saturated carbocycles. The number of alkyl carbamates (subject to hydrolysis) is 1. The second-order valence-corrected chi connectivity index (χ2v) is 16.5. The molecule has 0 aliphatic heterocycles. The van der Waals surface area contributed by atoms with Crippen molar-refractivity contribution in [3.8, 4) is 0 Å². The van der Waals surface area contributed by atoms with Gasteiger partial charge in [-0.3, -0.25) is 19.2 Å². The minimum Gasteiger partial charge on any atom is -0.444 e. The molecule has 0 bridgehead atoms. The Hall–Kier alpha value is -2.54. The van der Waals surface area contributed by atoms with Crippen LogP contribution >= 0.6 is 11.8 Å². The molecule has 12 nitrogen and oxygen atoms in total. The highest BCUT2D eigenvalue weighted by atomic mass is 32.2. The SMILES string of the molecule is CSCC[C@H](NC(=O)[C@H](CC(C)C)NC(=O)OC(C)(C)C)C(=O)N[C@@H](CC(C)C)[C@@H](O)C[C@@H](C)C(=O)N[C@@H](CC(C)C)C(=O)NC(C)C. The van der Waals surface area contributed by atoms with Crippen molar-refractivity contribution in [2.75, 3.05) is 12.0 Å². The zero-order valence-corrected chi connectivity index (χ0v) is 32.6. The van der Waals surface area contributed by atoms with E-state index in [1.54, 1.807) is 27.7 Å². The number of hydrogen-bond acceptors (Lipinski definition) is 8. The summed E-state index contributed by atoms with van der Waals surface area (Å²) in [5.41, 5.74) is -0.744. The van der Waals surface area contributed by atoms with Gasteiger partial charge in [0.1, 0.15) is 23.7 Å². The third-order valence-electron chi connectivity index (χ3n) is 7.29. The van der Waals surface area contributed by atoms with E-state index in [9.17, 15) is 29.1 Å². The number of ether oxygens (including phenoxy) is 1. The van der Waals surface area contributed by atoms with Crippen molar-refractivity contribution in [2.24, 2.45) is 23.7 Å². The number of carbonyl (C=O) groups is 5. The predicted octanol–water partition coefficient (Wildman–Crippen LogP) is 4.14. The van der Waals surface area contributed by atoms with Crippen molar-refractivity contribution in [2.45, 2.75) is 157 Å². The molecule has 13 heteroatoms. The van der Waals surface area contributed by atoms with Gasteiger partial charge in [0.25, 0.3) is 0 Å². The van der Waals surface area contributed by atoms with Gasteiger partial charge in [0.2, 0.25) is 23.6 Å². The van der Waals surface area contributed by atoms with Gasteiger partial charge in [0.15, 0.2) is 0 Å². The fourth-order valence-electron chi connectivity index (χ4n) is 5.07. The van der Waals surface area contributed by atoms with E-state index in [1.807, 2.05) is 61.6 Å². The van der Waals surface area contributed by atoms with Crippen molar-refractivity contribution < 1.29 is 33.8 Å². The van der Waals surface area contributed by atoms with Crippen LogP contribution < -0.4 is 26.6 Å². The van der Waals surface area contributed by atoms with Crippen LogP contribution in [0.4, 0.5) is 4.79 Å². The van der Waals surface area contributed by atoms with Crippen LogP contribution in [0.3, 0.4) is 0 Å². The molecule has 6 atom stereocenters. The Labute approximate surface area is 294 Å². The Balaban J connectivity index is 5.84. The number of hydrogen-bond donors (Lipinski definition) is 6. The number of rotatable bonds is 21. The van der Waals surface area contributed by atoms with Crippen molar-refractivity contribution >= 4 is 41.5 Å². The minimum absolute atomic E-state index is 0.0573. The average Bonchev–Trinajstić information content (AvgIpc) is 2.91. The molecular weight excluding hydrogens is 634 g/mol. The fraction of sp³-hybridized carbons (Fsp3) is 0.857. The molecule has 5 amide bonds. The van der Waals surface area contributed by atoms with Crippen LogP contribution in [0.1, 0.15) is 115 Å². The molecule has 280 valence electrons. The summed E-state index contributed by atoms with van der Waals surface area (Å²) in [6.07, 6.45) is 1.76. The van der Waals surface area contributed by atoms with Crippen LogP contribution in [0.15, 0.2) is 0 Å². The molecule has 0 heterocycles. The van der Waals surface area contributed by atoms with Gasteiger partial charge < -0.3 is 36.4 Å². The molecule has 0 saturated heterocycles. The van der Waals surface area contributed by atoms with E-state index >= 15 is 0 Å². The molecule has 0 aromatic heterocycles. The zero-order valence-electron chi connectivity index (χ0n) is 31.8. The second kappa shape index (κ2) is 22.2. The molecule has 48 heavy (non-hydrogen) atoms. The van der Waals surface area contributed by atoms with E-state index in [0.29, 0.717) is 31.4 Å². The lowest BCUT2D eigenvalue weighted by molar-refractivity contribution is -0.132. The van der Waals surface area contributed by atoms with Crippen LogP contribution in [0.2, 0.25) is 0 Å². The highest BCUT2D eigenvalue weighted by Gasteiger charge is 2.33. The quantitative estimate of drug-likeness (QED) is 0.104. The molecule has 0 spiro atoms. The normalized spacial score (nSPS) is 15.7. The van der Waals surface area contributed by atoms with E-state index in [2.05, 4.69) is 26.6 Å². The molecule has 0 fully saturated rings. The Morgan fingerprint density at radius 2 is 1.08 bits per heavy atom. The number of carbonyl (C=O) groups excluding carboxylic acids is 5. The van der Waals surface area contributed by atoms with Gasteiger partial charge in [-0.25, -0.2) is 4.79 Å². The van der Waals surface area contributed by atoms with Crippen molar-refractivity contribution in [3.05, 3.63) is 0 Å². The number of thioether (sulfide) groups is 1. The lowest BCUT2D eigenvalue weighted by Gasteiger charge is -2.30. The van der Waals surface area contributed by atoms with Gasteiger partial charge in [-0.1, -0.05) is 48.5 Å². The Kier molecular flexibility index (Phi) is 21.1. The highest BCUT2D eigenvalue weighted by Crippen LogP contribution is 2.18. The topological polar surface area (TPSA) is 175 Å². The van der Waals surface area contributed by atoms with Crippen LogP contribution in [-0.2, 0) is 23.9 Å². The monoisotopic (exact) mass is 701 g/mol. The predicted molar refractivity (Wildman–Crippen MR) is 193 cm³/mol. The molecule has 0 aromatic carbocycles. The number of nitrogens with one attached hydrogen (secondary N) is 5. The molecule has 0 rings (SSSR count). The molecule has 0 aliphatic carbocycles. The van der Waals surface area contributed by atoms with E-state index < -0.39 is 59.7 Å². The standard InChI is InChI=1S/C35H67N5O7S/c1-20(2)16-26(29(41)19-24(9)30(42)39-27(17-21(3)4)32(44)36-23(7)8)38-31(43)25(14-15-48-13)37-33(45)28(18-22(5)6)40-34(46)47-35(10,11)12/h20-29,41H,14-19H2,1-13H3,(H,36,44)(H,37,45)(H,38,43)(H,39,42)(H,40,46)/t24-,25+,26+,27+,28+,29+/m1/s1. The first kappa shape index (κ1) is 45.5. The maximum absolute atomic E-state index is 13.7. The Bertz CT molecular complexity index is 1020. The first-order valence-electron chi connectivity index (χ1n) is 17.4. The van der Waals surface area contributed by atoms with Gasteiger partial charge in [-0.15, -0.1) is 0 Å². The Morgan fingerprint density at radius 3 is 1.54 bits per heavy atom. The molecule has 6 N–H and O–H groups in total. The average molecular weight is 702 g/mol. The van der Waals surface area contributed by atoms with Crippen molar-refractivity contribution in [1.29, 1.82) is 0 Å². The van der Waals surface area contributed by atoms with E-state index in [4.69, 9.17) is 4.74 Å². The van der Waals surface area contributed by atoms with E-state index in [-0.39, 0.29) is 42.0 Å². The maximum Gasteiger partial charge on any atom is 0.408 e. The van der Waals surface area contributed by atoms with Crippen LogP contribution in [0, 0.1) is 23.7 Å². The number of aliphatic hydroxyl groups excluding tert-OH is 1. The maximum atomic E-state index is 13.7. The van der Waals surface area contributed by atoms with Gasteiger partial charge >= 0.3 is 6.09 Å². The lowest BCUT2D eigenvalue weighted by atomic mass is 9.91. The largest absolute Gasteiger partial charge is 0.444 e. The van der Waals surface area contributed by atoms with Crippen LogP contribution in [-0.4, -0.2) is 88.8 Å². The number of amides is 5. The summed E-state index contributed by atoms with van der Waals surface area (Å²) in [5.74, 6) is -1.26. The van der Waals surface area contributed by atoms with Crippen LogP contribution in [0.25, 0.3) is 0 Å². The minimum atomic E-state index is -1.07. The molecule has 0 unspecified atom stereocenters. The lowest BCUT2D eigenvalue weighted by Crippen LogP contribution is -2.57. The third-order valence-corrected chi connectivity index (χ3v) is 7.93. The van der Waals surface area contributed by atoms with Gasteiger partial charge in [-0.2, -0.15) is 11.8 Å². The third kappa shape index (κ3) is 20.1. The summed E-state index contributed by atoms with van der Waals surface area (Å²) in [6.45, 7) is 22.4. The molecule has 0 radical (unpaired) electrons. The number of aliphatic hydroxyl groups is 1. The van der Waals surface area contributed by atoms with Gasteiger partial charge in [0, 0.05) is 12.0 Å². The first-order chi connectivity index (χ1) is 22.1. The second-order valence-electron chi connectivity index (χ2n) is 15.5. The fourth-order valence-corrected chi connectivity index (χ4v) is 5.54. The van der Waals surface area contributed by atoms with Crippen molar-refractivity contribution in [1.82, 2.24) is 26.6 Å². The van der Waals surface area contributed by atoms with Gasteiger partial charge in [0.05, 0.1) is 12.1 Å².